The Morgan fingerprint density at radius 1 is 1.50 bits per heavy atom. The Labute approximate surface area is 82.0 Å². The molecule has 0 spiro atoms. The minimum Gasteiger partial charge on any atom is -0.355 e. The molecule has 1 rings (SSSR count). The van der Waals surface area contributed by atoms with Crippen molar-refractivity contribution in [2.75, 3.05) is 0 Å². The van der Waals surface area contributed by atoms with Crippen molar-refractivity contribution < 1.29 is 40.3 Å². The van der Waals surface area contributed by atoms with Gasteiger partial charge in [-0.25, -0.2) is 0 Å². The molecule has 0 atom stereocenters. The monoisotopic (exact) mass is 361 g/mol. The summed E-state index contributed by atoms with van der Waals surface area (Å²) >= 11 is 0. The van der Waals surface area contributed by atoms with Gasteiger partial charge in [-0.3, -0.25) is 4.39 Å². The number of rotatable bonds is 1. The third kappa shape index (κ3) is 2.64. The van der Waals surface area contributed by atoms with Gasteiger partial charge in [0.25, 0.3) is 0 Å². The number of hydrogen-bond donors (Lipinski definition) is 0. The zero-order valence-corrected chi connectivity index (χ0v) is 9.26. The Balaban J connectivity index is 0.000000810. The number of halogens is 1. The van der Waals surface area contributed by atoms with Gasteiger partial charge in [0.15, 0.2) is 0 Å². The minimum atomic E-state index is -0.374. The van der Waals surface area contributed by atoms with Gasteiger partial charge in [0, 0.05) is 36.9 Å². The van der Waals surface area contributed by atoms with Crippen LogP contribution in [0.1, 0.15) is 10.4 Å². The molecule has 0 aliphatic rings. The van der Waals surface area contributed by atoms with E-state index >= 15 is 0 Å². The third-order valence-corrected chi connectivity index (χ3v) is 0.926. The van der Waals surface area contributed by atoms with Crippen LogP contribution < -0.4 is 0 Å². The molecule has 1 aromatic carbocycles. The van der Waals surface area contributed by atoms with E-state index in [0.717, 1.165) is 6.07 Å². The fourth-order valence-corrected chi connectivity index (χ4v) is 0.491. The Morgan fingerprint density at radius 2 is 2.20 bits per heavy atom. The SMILES string of the molecule is O=Cc1[c-]cc(F)cc1.[U]. The van der Waals surface area contributed by atoms with Crippen LogP contribution in [0.15, 0.2) is 18.2 Å². The Morgan fingerprint density at radius 3 is 2.60 bits per heavy atom. The van der Waals surface area contributed by atoms with Crippen molar-refractivity contribution in [1.29, 1.82) is 0 Å². The molecule has 0 aliphatic carbocycles. The molecule has 0 fully saturated rings. The molecule has 0 saturated heterocycles. The van der Waals surface area contributed by atoms with Crippen LogP contribution in [0.5, 0.6) is 0 Å². The quantitative estimate of drug-likeness (QED) is 0.547. The first-order chi connectivity index (χ1) is 4.33. The Bertz CT molecular complexity index is 207. The molecule has 0 heterocycles. The van der Waals surface area contributed by atoms with Crippen LogP contribution in [0.4, 0.5) is 4.39 Å². The average Bonchev–Trinajstić information content (AvgIpc) is 1.90. The van der Waals surface area contributed by atoms with Crippen LogP contribution in [-0.4, -0.2) is 6.29 Å². The number of aldehydes is 1. The first kappa shape index (κ1) is 9.87. The summed E-state index contributed by atoms with van der Waals surface area (Å²) in [6.07, 6.45) is 0.624. The smallest absolute Gasteiger partial charge is 0.0655 e. The van der Waals surface area contributed by atoms with Crippen LogP contribution in [0, 0.1) is 43.0 Å². The molecular formula is C7H4FOU-. The summed E-state index contributed by atoms with van der Waals surface area (Å²) in [5.74, 6) is -0.374. The summed E-state index contributed by atoms with van der Waals surface area (Å²) in [6.45, 7) is 0. The van der Waals surface area contributed by atoms with Crippen molar-refractivity contribution in [3.63, 3.8) is 0 Å². The van der Waals surface area contributed by atoms with Gasteiger partial charge in [-0.1, -0.05) is 0 Å². The standard InChI is InChI=1S/C7H4FO.U/c8-7-3-1-6(5-9)2-4-7;/h1,3-5H;/q-1;. The molecule has 0 unspecified atom stereocenters. The normalized spacial score (nSPS) is 8.10. The largest absolute Gasteiger partial charge is 0.355 e. The summed E-state index contributed by atoms with van der Waals surface area (Å²) in [7, 11) is 0. The molecule has 0 amide bonds. The van der Waals surface area contributed by atoms with Crippen molar-refractivity contribution in [3.05, 3.63) is 35.6 Å². The van der Waals surface area contributed by atoms with E-state index < -0.39 is 0 Å². The van der Waals surface area contributed by atoms with E-state index in [-0.39, 0.29) is 36.9 Å². The van der Waals surface area contributed by atoms with Gasteiger partial charge in [-0.2, -0.15) is 0 Å². The molecule has 0 bridgehead atoms. The Kier molecular flexibility index (Phi) is 4.59. The zero-order valence-electron chi connectivity index (χ0n) is 5.10. The third-order valence-electron chi connectivity index (χ3n) is 0.926. The molecule has 0 aromatic heterocycles. The molecule has 1 aromatic rings. The van der Waals surface area contributed by atoms with Crippen molar-refractivity contribution in [3.8, 4) is 0 Å². The fraction of sp³-hybridized carbons (Fsp3) is 0. The van der Waals surface area contributed by atoms with E-state index in [9.17, 15) is 9.18 Å². The molecule has 1 nitrogen and oxygen atoms in total. The maximum atomic E-state index is 12.1. The van der Waals surface area contributed by atoms with E-state index in [1.54, 1.807) is 0 Å². The summed E-state index contributed by atoms with van der Waals surface area (Å²) in [4.78, 5) is 9.96. The van der Waals surface area contributed by atoms with Crippen molar-refractivity contribution >= 4 is 6.29 Å². The average molecular weight is 361 g/mol. The topological polar surface area (TPSA) is 17.1 Å². The number of carbonyl (C=O) groups is 1. The second-order valence-corrected chi connectivity index (χ2v) is 1.58. The molecular weight excluding hydrogens is 357 g/mol. The number of benzene rings is 1. The summed E-state index contributed by atoms with van der Waals surface area (Å²) < 4.78 is 12.1. The first-order valence-electron chi connectivity index (χ1n) is 2.45. The van der Waals surface area contributed by atoms with Gasteiger partial charge in [-0.05, 0) is 0 Å². The number of carbonyl (C=O) groups excluding carboxylic acids is 1. The zero-order chi connectivity index (χ0) is 6.69. The van der Waals surface area contributed by atoms with Crippen LogP contribution in [0.3, 0.4) is 0 Å². The predicted molar refractivity (Wildman–Crippen MR) is 30.6 cm³/mol. The van der Waals surface area contributed by atoms with E-state index in [0.29, 0.717) is 11.8 Å². The van der Waals surface area contributed by atoms with Gasteiger partial charge in [0.1, 0.15) is 0 Å². The molecule has 0 saturated carbocycles. The fourth-order valence-electron chi connectivity index (χ4n) is 0.491. The van der Waals surface area contributed by atoms with E-state index in [4.69, 9.17) is 0 Å². The van der Waals surface area contributed by atoms with Crippen LogP contribution in [-0.2, 0) is 0 Å². The van der Waals surface area contributed by atoms with Gasteiger partial charge < -0.3 is 4.79 Å². The van der Waals surface area contributed by atoms with Gasteiger partial charge >= 0.3 is 0 Å². The summed E-state index contributed by atoms with van der Waals surface area (Å²) in [6, 6.07) is 6.17. The predicted octanol–water partition coefficient (Wildman–Crippen LogP) is 1.44. The van der Waals surface area contributed by atoms with Crippen molar-refractivity contribution in [2.24, 2.45) is 0 Å². The van der Waals surface area contributed by atoms with Crippen molar-refractivity contribution in [2.45, 2.75) is 0 Å². The van der Waals surface area contributed by atoms with E-state index in [2.05, 4.69) is 6.07 Å². The molecule has 10 heavy (non-hydrogen) atoms. The van der Waals surface area contributed by atoms with Gasteiger partial charge in [0.05, 0.1) is 6.29 Å². The van der Waals surface area contributed by atoms with Crippen LogP contribution in [0.2, 0.25) is 0 Å². The maximum Gasteiger partial charge on any atom is 0.0655 e. The second kappa shape index (κ2) is 4.65. The molecule has 0 N–H and O–H groups in total. The number of hydrogen-bond acceptors (Lipinski definition) is 1. The molecule has 3 heteroatoms. The maximum absolute atomic E-state index is 12.1. The van der Waals surface area contributed by atoms with Crippen LogP contribution in [0.25, 0.3) is 0 Å². The minimum absolute atomic E-state index is 0. The summed E-state index contributed by atoms with van der Waals surface area (Å²) in [5, 5.41) is 0. The van der Waals surface area contributed by atoms with Gasteiger partial charge in [-0.15, -0.1) is 29.8 Å². The first-order valence-corrected chi connectivity index (χ1v) is 2.45. The summed E-state index contributed by atoms with van der Waals surface area (Å²) in [5.41, 5.74) is 0.372. The Hall–Kier alpha value is -0.128. The van der Waals surface area contributed by atoms with E-state index in [1.807, 2.05) is 0 Å². The van der Waals surface area contributed by atoms with Crippen molar-refractivity contribution in [1.82, 2.24) is 0 Å². The van der Waals surface area contributed by atoms with Gasteiger partial charge in [0.2, 0.25) is 0 Å². The molecule has 50 valence electrons. The molecule has 0 radical (unpaired) electrons. The van der Waals surface area contributed by atoms with E-state index in [1.165, 1.54) is 12.1 Å². The second-order valence-electron chi connectivity index (χ2n) is 1.58. The van der Waals surface area contributed by atoms with Crippen LogP contribution >= 0.6 is 0 Å². The molecule has 0 aliphatic heterocycles.